The summed E-state index contributed by atoms with van der Waals surface area (Å²) in [6, 6.07) is 5.62. The van der Waals surface area contributed by atoms with E-state index in [0.717, 1.165) is 24.8 Å². The van der Waals surface area contributed by atoms with Crippen molar-refractivity contribution in [2.24, 2.45) is 28.6 Å². The fourth-order valence-corrected chi connectivity index (χ4v) is 8.79. The summed E-state index contributed by atoms with van der Waals surface area (Å²) in [6.07, 6.45) is 8.11. The lowest BCUT2D eigenvalue weighted by Gasteiger charge is -2.59. The zero-order valence-electron chi connectivity index (χ0n) is 22.3. The number of ketones is 2. The number of rotatable bonds is 6. The van der Waals surface area contributed by atoms with Crippen molar-refractivity contribution < 1.29 is 33.3 Å². The molecule has 5 aliphatic rings. The van der Waals surface area contributed by atoms with E-state index in [9.17, 15) is 19.1 Å². The van der Waals surface area contributed by atoms with Gasteiger partial charge in [-0.2, -0.15) is 0 Å². The van der Waals surface area contributed by atoms with Gasteiger partial charge < -0.3 is 19.3 Å². The summed E-state index contributed by atoms with van der Waals surface area (Å²) in [5.74, 6) is 0.0981. The van der Waals surface area contributed by atoms with Gasteiger partial charge in [-0.1, -0.05) is 38.8 Å². The van der Waals surface area contributed by atoms with Crippen LogP contribution in [0.3, 0.4) is 0 Å². The Labute approximate surface area is 223 Å². The molecule has 0 unspecified atom stereocenters. The minimum atomic E-state index is -1.22. The molecule has 1 N–H and O–H groups in total. The van der Waals surface area contributed by atoms with Gasteiger partial charge in [-0.05, 0) is 80.4 Å². The number of ether oxygens (including phenoxy) is 3. The second kappa shape index (κ2) is 9.10. The van der Waals surface area contributed by atoms with Crippen molar-refractivity contribution in [2.45, 2.75) is 83.4 Å². The van der Waals surface area contributed by atoms with Crippen molar-refractivity contribution in [3.8, 4) is 5.75 Å². The molecule has 6 rings (SSSR count). The fourth-order valence-electron chi connectivity index (χ4n) is 8.79. The largest absolute Gasteiger partial charge is 0.486 e. The lowest BCUT2D eigenvalue weighted by atomic mass is 9.46. The van der Waals surface area contributed by atoms with E-state index in [1.165, 1.54) is 24.3 Å². The monoisotopic (exact) mass is 524 g/mol. The third kappa shape index (κ3) is 3.61. The van der Waals surface area contributed by atoms with Crippen LogP contribution in [-0.4, -0.2) is 47.4 Å². The van der Waals surface area contributed by atoms with Crippen LogP contribution >= 0.6 is 0 Å². The number of hydrogen-bond acceptors (Lipinski definition) is 6. The van der Waals surface area contributed by atoms with Crippen LogP contribution in [0, 0.1) is 34.4 Å². The maximum absolute atomic E-state index is 14.1. The molecule has 7 heteroatoms. The molecule has 4 aliphatic carbocycles. The Kier molecular flexibility index (Phi) is 6.21. The number of Topliss-reactive ketones (excluding diaryl/α,β-unsaturated/α-hetero) is 1. The Bertz CT molecular complexity index is 1190. The number of carbonyl (C=O) groups excluding carboxylic acids is 2. The summed E-state index contributed by atoms with van der Waals surface area (Å²) >= 11 is 0. The van der Waals surface area contributed by atoms with Gasteiger partial charge in [-0.3, -0.25) is 9.59 Å². The van der Waals surface area contributed by atoms with E-state index >= 15 is 0 Å². The Morgan fingerprint density at radius 2 is 2.00 bits per heavy atom. The van der Waals surface area contributed by atoms with Crippen LogP contribution in [0.15, 0.2) is 48.1 Å². The first-order chi connectivity index (χ1) is 18.1. The molecule has 1 heterocycles. The topological polar surface area (TPSA) is 82.1 Å². The van der Waals surface area contributed by atoms with Crippen LogP contribution in [0.4, 0.5) is 4.39 Å². The van der Waals surface area contributed by atoms with E-state index in [4.69, 9.17) is 14.2 Å². The van der Waals surface area contributed by atoms with E-state index < -0.39 is 29.5 Å². The first-order valence-corrected chi connectivity index (χ1v) is 14.0. The number of allylic oxidation sites excluding steroid dienone is 4. The highest BCUT2D eigenvalue weighted by atomic mass is 19.1. The summed E-state index contributed by atoms with van der Waals surface area (Å²) in [7, 11) is 0. The predicted octanol–water partition coefficient (Wildman–Crippen LogP) is 4.94. The van der Waals surface area contributed by atoms with Crippen LogP contribution in [0.2, 0.25) is 0 Å². The second-order valence-electron chi connectivity index (χ2n) is 12.3. The number of aliphatic hydroxyl groups excluding tert-OH is 1. The lowest BCUT2D eigenvalue weighted by molar-refractivity contribution is -0.200. The molecular weight excluding hydrogens is 487 g/mol. The highest BCUT2D eigenvalue weighted by Gasteiger charge is 2.75. The fraction of sp³-hybridized carbons (Fsp3) is 0.613. The van der Waals surface area contributed by atoms with E-state index in [-0.39, 0.29) is 47.2 Å². The minimum Gasteiger partial charge on any atom is -0.486 e. The maximum Gasteiger partial charge on any atom is 0.205 e. The zero-order valence-corrected chi connectivity index (χ0v) is 22.3. The van der Waals surface area contributed by atoms with E-state index in [2.05, 4.69) is 20.8 Å². The highest BCUT2D eigenvalue weighted by Crippen LogP contribution is 2.69. The molecule has 0 spiro atoms. The molecule has 38 heavy (non-hydrogen) atoms. The Morgan fingerprint density at radius 3 is 2.74 bits per heavy atom. The number of carbonyl (C=O) groups is 2. The summed E-state index contributed by atoms with van der Waals surface area (Å²) in [5.41, 5.74) is -1.15. The van der Waals surface area contributed by atoms with Gasteiger partial charge in [0.2, 0.25) is 5.78 Å². The van der Waals surface area contributed by atoms with E-state index in [1.807, 2.05) is 6.08 Å². The molecule has 6 nitrogen and oxygen atoms in total. The number of fused-ring (bicyclic) bond motifs is 7. The van der Waals surface area contributed by atoms with Crippen LogP contribution < -0.4 is 4.74 Å². The molecule has 1 aliphatic heterocycles. The number of hydrogen-bond donors (Lipinski definition) is 1. The Hall–Kier alpha value is -2.35. The summed E-state index contributed by atoms with van der Waals surface area (Å²) < 4.78 is 32.3. The third-order valence-electron chi connectivity index (χ3n) is 10.4. The predicted molar refractivity (Wildman–Crippen MR) is 138 cm³/mol. The molecule has 0 bridgehead atoms. The van der Waals surface area contributed by atoms with Crippen molar-refractivity contribution in [1.29, 1.82) is 0 Å². The summed E-state index contributed by atoms with van der Waals surface area (Å²) in [6.45, 7) is 6.08. The number of benzene rings is 1. The molecule has 3 saturated carbocycles. The van der Waals surface area contributed by atoms with Gasteiger partial charge >= 0.3 is 0 Å². The third-order valence-corrected chi connectivity index (χ3v) is 10.4. The van der Waals surface area contributed by atoms with Crippen molar-refractivity contribution >= 4 is 11.6 Å². The first-order valence-electron chi connectivity index (χ1n) is 14.0. The SMILES string of the molecule is CCC[C@@H]1O[C@H]2C[C@H]3[C@@H]4CCC5=CC(=O)C=C[C@]5(C)[C@H]4[C@@H](O)C[C@]3(C)[C@]2(C(=O)COc2ccc(F)cc2)O1. The summed E-state index contributed by atoms with van der Waals surface area (Å²) in [4.78, 5) is 26.3. The van der Waals surface area contributed by atoms with Gasteiger partial charge in [0.05, 0.1) is 12.2 Å². The molecule has 0 radical (unpaired) electrons. The number of aliphatic hydroxyl groups is 1. The van der Waals surface area contributed by atoms with Gasteiger partial charge in [-0.25, -0.2) is 4.39 Å². The molecule has 1 saturated heterocycles. The van der Waals surface area contributed by atoms with Crippen LogP contribution in [0.5, 0.6) is 5.75 Å². The smallest absolute Gasteiger partial charge is 0.205 e. The minimum absolute atomic E-state index is 0.0101. The zero-order chi connectivity index (χ0) is 26.9. The number of halogens is 1. The van der Waals surface area contributed by atoms with E-state index in [1.54, 1.807) is 12.2 Å². The standard InChI is InChI=1S/C31H37FO6/c1-4-5-27-37-26-15-23-22-11-6-18-14-20(33)12-13-29(18,2)28(22)24(34)16-30(23,3)31(26,38-27)25(35)17-36-21-9-7-19(32)8-10-21/h7-10,12-14,22-24,26-28,34H,4-6,11,15-17H2,1-3H3/t22-,23-,24-,26-,27+,28+,29-,30-,31+/m0/s1. The molecule has 1 aromatic rings. The molecule has 1 aromatic carbocycles. The first kappa shape index (κ1) is 25.9. The van der Waals surface area contributed by atoms with Gasteiger partial charge in [0.25, 0.3) is 0 Å². The van der Waals surface area contributed by atoms with Crippen LogP contribution in [0.1, 0.15) is 59.3 Å². The Balaban J connectivity index is 1.34. The molecule has 0 aromatic heterocycles. The molecular formula is C31H37FO6. The van der Waals surface area contributed by atoms with Gasteiger partial charge in [0.15, 0.2) is 17.7 Å². The normalized spacial score (nSPS) is 43.1. The van der Waals surface area contributed by atoms with Crippen molar-refractivity contribution in [3.05, 3.63) is 53.9 Å². The highest BCUT2D eigenvalue weighted by molar-refractivity contribution is 6.01. The molecule has 9 atom stereocenters. The van der Waals surface area contributed by atoms with E-state index in [0.29, 0.717) is 25.0 Å². The second-order valence-corrected chi connectivity index (χ2v) is 12.3. The van der Waals surface area contributed by atoms with Crippen LogP contribution in [0.25, 0.3) is 0 Å². The molecule has 204 valence electrons. The quantitative estimate of drug-likeness (QED) is 0.568. The van der Waals surface area contributed by atoms with Gasteiger partial charge in [0.1, 0.15) is 18.2 Å². The van der Waals surface area contributed by atoms with Crippen LogP contribution in [-0.2, 0) is 19.1 Å². The lowest BCUT2D eigenvalue weighted by Crippen LogP contribution is -2.63. The molecule has 0 amide bonds. The van der Waals surface area contributed by atoms with Crippen molar-refractivity contribution in [1.82, 2.24) is 0 Å². The Morgan fingerprint density at radius 1 is 1.24 bits per heavy atom. The maximum atomic E-state index is 14.1. The average Bonchev–Trinajstić information content (AvgIpc) is 3.36. The average molecular weight is 525 g/mol. The summed E-state index contributed by atoms with van der Waals surface area (Å²) in [5, 5.41) is 11.8. The van der Waals surface area contributed by atoms with Gasteiger partial charge in [0, 0.05) is 16.7 Å². The van der Waals surface area contributed by atoms with Gasteiger partial charge in [-0.15, -0.1) is 0 Å². The molecule has 4 fully saturated rings. The van der Waals surface area contributed by atoms with Crippen molar-refractivity contribution in [2.75, 3.05) is 6.61 Å². The van der Waals surface area contributed by atoms with Crippen molar-refractivity contribution in [3.63, 3.8) is 0 Å².